The molecule has 0 radical (unpaired) electrons. The van der Waals surface area contributed by atoms with Crippen molar-refractivity contribution in [3.05, 3.63) is 94.8 Å². The van der Waals surface area contributed by atoms with E-state index in [1.807, 2.05) is 12.1 Å². The normalized spacial score (nSPS) is 15.1. The molecule has 0 spiro atoms. The third-order valence-electron chi connectivity index (χ3n) is 7.86. The van der Waals surface area contributed by atoms with Crippen LogP contribution in [-0.2, 0) is 6.42 Å². The molecule has 37 heavy (non-hydrogen) atoms. The number of rotatable bonds is 12. The molecule has 1 aliphatic carbocycles. The number of Topliss-reactive ketones (excluding diaryl/α,β-unsaturated/α-hetero) is 2. The lowest BCUT2D eigenvalue weighted by atomic mass is 9.90. The molecule has 1 aliphatic heterocycles. The lowest BCUT2D eigenvalue weighted by molar-refractivity contribution is 0.0950. The number of nitrogens with zero attached hydrogens (tertiary/aromatic N) is 2. The van der Waals surface area contributed by atoms with Crippen molar-refractivity contribution in [1.82, 2.24) is 9.80 Å². The number of benzene rings is 3. The molecular formula is C33H38N2O2. The first-order valence-electron chi connectivity index (χ1n) is 14.1. The molecule has 0 unspecified atom stereocenters. The highest BCUT2D eigenvalue weighted by Crippen LogP contribution is 2.35. The number of allylic oxidation sites excluding steroid dienone is 2. The highest BCUT2D eigenvalue weighted by molar-refractivity contribution is 6.26. The summed E-state index contributed by atoms with van der Waals surface area (Å²) < 4.78 is 0. The SMILES string of the molecule is CCCCCCCCCCN1CN(CCc2cccc3ccccc23)C2=C1C(=O)c1ccccc1C2=O. The Morgan fingerprint density at radius 2 is 1.19 bits per heavy atom. The van der Waals surface area contributed by atoms with E-state index < -0.39 is 0 Å². The van der Waals surface area contributed by atoms with Crippen LogP contribution in [0, 0.1) is 0 Å². The Labute approximate surface area is 221 Å². The number of unbranched alkanes of at least 4 members (excludes halogenated alkanes) is 7. The zero-order valence-electron chi connectivity index (χ0n) is 22.0. The van der Waals surface area contributed by atoms with Crippen LogP contribution in [0.5, 0.6) is 0 Å². The zero-order chi connectivity index (χ0) is 25.6. The number of hydrogen-bond donors (Lipinski definition) is 0. The second-order valence-electron chi connectivity index (χ2n) is 10.4. The first-order valence-corrected chi connectivity index (χ1v) is 14.1. The predicted octanol–water partition coefficient (Wildman–Crippen LogP) is 7.39. The number of ketones is 2. The molecule has 0 saturated carbocycles. The van der Waals surface area contributed by atoms with Gasteiger partial charge in [0.05, 0.1) is 6.67 Å². The Bertz CT molecular complexity index is 1300. The average Bonchev–Trinajstić information content (AvgIpc) is 3.30. The lowest BCUT2D eigenvalue weighted by Crippen LogP contribution is -2.31. The summed E-state index contributed by atoms with van der Waals surface area (Å²) in [6.45, 7) is 4.39. The summed E-state index contributed by atoms with van der Waals surface area (Å²) in [4.78, 5) is 31.6. The van der Waals surface area contributed by atoms with E-state index in [-0.39, 0.29) is 11.6 Å². The van der Waals surface area contributed by atoms with E-state index in [2.05, 4.69) is 59.2 Å². The molecule has 0 saturated heterocycles. The van der Waals surface area contributed by atoms with Crippen LogP contribution in [0.15, 0.2) is 78.1 Å². The van der Waals surface area contributed by atoms with Gasteiger partial charge < -0.3 is 9.80 Å². The topological polar surface area (TPSA) is 40.6 Å². The van der Waals surface area contributed by atoms with Crippen molar-refractivity contribution in [3.8, 4) is 0 Å². The van der Waals surface area contributed by atoms with Gasteiger partial charge in [-0.15, -0.1) is 0 Å². The van der Waals surface area contributed by atoms with E-state index >= 15 is 0 Å². The zero-order valence-corrected chi connectivity index (χ0v) is 22.0. The lowest BCUT2D eigenvalue weighted by Gasteiger charge is -2.23. The van der Waals surface area contributed by atoms with E-state index in [0.717, 1.165) is 19.4 Å². The van der Waals surface area contributed by atoms with Crippen molar-refractivity contribution in [2.75, 3.05) is 19.8 Å². The summed E-state index contributed by atoms with van der Waals surface area (Å²) in [5.41, 5.74) is 3.57. The maximum atomic E-state index is 13.6. The molecule has 5 rings (SSSR count). The second kappa shape index (κ2) is 11.8. The smallest absolute Gasteiger partial charge is 0.212 e. The molecule has 3 aromatic rings. The van der Waals surface area contributed by atoms with Crippen molar-refractivity contribution >= 4 is 22.3 Å². The first kappa shape index (κ1) is 25.3. The van der Waals surface area contributed by atoms with E-state index in [0.29, 0.717) is 35.7 Å². The van der Waals surface area contributed by atoms with Crippen LogP contribution in [-0.4, -0.2) is 41.1 Å². The molecule has 1 heterocycles. The van der Waals surface area contributed by atoms with Crippen molar-refractivity contribution in [1.29, 1.82) is 0 Å². The Morgan fingerprint density at radius 1 is 0.622 bits per heavy atom. The fourth-order valence-corrected chi connectivity index (χ4v) is 5.85. The van der Waals surface area contributed by atoms with E-state index in [9.17, 15) is 9.59 Å². The molecule has 0 bridgehead atoms. The molecule has 192 valence electrons. The maximum Gasteiger partial charge on any atom is 0.212 e. The van der Waals surface area contributed by atoms with Gasteiger partial charge in [0.2, 0.25) is 11.6 Å². The summed E-state index contributed by atoms with van der Waals surface area (Å²) in [5.74, 6) is -0.0148. The summed E-state index contributed by atoms with van der Waals surface area (Å²) in [6, 6.07) is 22.2. The summed E-state index contributed by atoms with van der Waals surface area (Å²) in [6.07, 6.45) is 10.8. The minimum Gasteiger partial charge on any atom is -0.349 e. The number of hydrogen-bond acceptors (Lipinski definition) is 4. The van der Waals surface area contributed by atoms with Crippen molar-refractivity contribution in [3.63, 3.8) is 0 Å². The molecule has 0 atom stereocenters. The van der Waals surface area contributed by atoms with Crippen LogP contribution in [0.1, 0.15) is 84.6 Å². The molecule has 4 heteroatoms. The Morgan fingerprint density at radius 3 is 1.89 bits per heavy atom. The van der Waals surface area contributed by atoms with Gasteiger partial charge in [-0.05, 0) is 29.2 Å². The molecule has 0 aromatic heterocycles. The van der Waals surface area contributed by atoms with Gasteiger partial charge in [0.1, 0.15) is 11.4 Å². The van der Waals surface area contributed by atoms with Gasteiger partial charge in [0.25, 0.3) is 0 Å². The largest absolute Gasteiger partial charge is 0.349 e. The number of fused-ring (bicyclic) bond motifs is 2. The Balaban J connectivity index is 1.31. The highest BCUT2D eigenvalue weighted by atomic mass is 16.1. The molecule has 0 fully saturated rings. The third-order valence-corrected chi connectivity index (χ3v) is 7.86. The van der Waals surface area contributed by atoms with Crippen LogP contribution in [0.25, 0.3) is 10.8 Å². The maximum absolute atomic E-state index is 13.6. The average molecular weight is 495 g/mol. The Kier molecular flexibility index (Phi) is 8.03. The van der Waals surface area contributed by atoms with E-state index in [1.54, 1.807) is 12.1 Å². The van der Waals surface area contributed by atoms with Crippen LogP contribution in [0.4, 0.5) is 0 Å². The minimum atomic E-state index is -0.0125. The standard InChI is InChI=1S/C33H38N2O2/c1-2-3-4-5-6-7-8-13-22-34-24-35(23-21-26-17-14-16-25-15-9-10-18-27(25)26)31-30(34)32(36)28-19-11-12-20-29(28)33(31)37/h9-12,14-20H,2-8,13,21-24H2,1H3. The number of carbonyl (C=O) groups excluding carboxylic acids is 2. The minimum absolute atomic E-state index is 0.00238. The quantitative estimate of drug-likeness (QED) is 0.246. The van der Waals surface area contributed by atoms with Gasteiger partial charge in [-0.3, -0.25) is 9.59 Å². The fraction of sp³-hybridized carbons (Fsp3) is 0.394. The fourth-order valence-electron chi connectivity index (χ4n) is 5.85. The van der Waals surface area contributed by atoms with Crippen LogP contribution in [0.3, 0.4) is 0 Å². The summed E-state index contributed by atoms with van der Waals surface area (Å²) >= 11 is 0. The summed E-state index contributed by atoms with van der Waals surface area (Å²) in [5, 5.41) is 2.49. The molecule has 0 N–H and O–H groups in total. The van der Waals surface area contributed by atoms with Crippen molar-refractivity contribution in [2.45, 2.75) is 64.7 Å². The number of carbonyl (C=O) groups is 2. The van der Waals surface area contributed by atoms with Crippen LogP contribution >= 0.6 is 0 Å². The van der Waals surface area contributed by atoms with E-state index in [4.69, 9.17) is 0 Å². The third kappa shape index (κ3) is 5.34. The highest BCUT2D eigenvalue weighted by Gasteiger charge is 2.42. The Hall–Kier alpha value is -3.40. The van der Waals surface area contributed by atoms with Crippen molar-refractivity contribution in [2.24, 2.45) is 0 Å². The molecule has 3 aromatic carbocycles. The van der Waals surface area contributed by atoms with Gasteiger partial charge >= 0.3 is 0 Å². The first-order chi connectivity index (χ1) is 18.2. The van der Waals surface area contributed by atoms with Gasteiger partial charge in [-0.2, -0.15) is 0 Å². The van der Waals surface area contributed by atoms with Crippen LogP contribution < -0.4 is 0 Å². The van der Waals surface area contributed by atoms with Gasteiger partial charge in [0, 0.05) is 24.2 Å². The van der Waals surface area contributed by atoms with Gasteiger partial charge in [-0.25, -0.2) is 0 Å². The van der Waals surface area contributed by atoms with Crippen LogP contribution in [0.2, 0.25) is 0 Å². The predicted molar refractivity (Wildman–Crippen MR) is 151 cm³/mol. The van der Waals surface area contributed by atoms with Gasteiger partial charge in [-0.1, -0.05) is 119 Å². The van der Waals surface area contributed by atoms with E-state index in [1.165, 1.54) is 61.3 Å². The summed E-state index contributed by atoms with van der Waals surface area (Å²) in [7, 11) is 0. The van der Waals surface area contributed by atoms with Crippen molar-refractivity contribution < 1.29 is 9.59 Å². The molecular weight excluding hydrogens is 456 g/mol. The monoisotopic (exact) mass is 494 g/mol. The molecule has 0 amide bonds. The molecule has 2 aliphatic rings. The molecule has 4 nitrogen and oxygen atoms in total. The van der Waals surface area contributed by atoms with Gasteiger partial charge in [0.15, 0.2) is 0 Å². The second-order valence-corrected chi connectivity index (χ2v) is 10.4.